The molecule has 0 unspecified atom stereocenters. The highest BCUT2D eigenvalue weighted by atomic mass is 16.5. The Hall–Kier alpha value is -1.02. The van der Waals surface area contributed by atoms with Crippen molar-refractivity contribution in [2.24, 2.45) is 11.7 Å². The summed E-state index contributed by atoms with van der Waals surface area (Å²) in [4.78, 5) is 0. The van der Waals surface area contributed by atoms with Gasteiger partial charge in [0.25, 0.3) is 0 Å². The fraction of sp³-hybridized carbons (Fsp3) is 0.538. The van der Waals surface area contributed by atoms with Gasteiger partial charge in [-0.1, -0.05) is 26.0 Å². The molecule has 0 spiro atoms. The summed E-state index contributed by atoms with van der Waals surface area (Å²) in [7, 11) is 0. The van der Waals surface area contributed by atoms with Crippen LogP contribution in [0.25, 0.3) is 0 Å². The van der Waals surface area contributed by atoms with Crippen LogP contribution in [-0.4, -0.2) is 6.61 Å². The number of hydrogen-bond donors (Lipinski definition) is 1. The van der Waals surface area contributed by atoms with Crippen molar-refractivity contribution in [1.29, 1.82) is 0 Å². The molecule has 0 fully saturated rings. The van der Waals surface area contributed by atoms with Crippen molar-refractivity contribution in [1.82, 2.24) is 0 Å². The van der Waals surface area contributed by atoms with E-state index in [4.69, 9.17) is 10.5 Å². The van der Waals surface area contributed by atoms with E-state index in [0.29, 0.717) is 5.92 Å². The Bertz CT molecular complexity index is 318. The molecule has 0 saturated carbocycles. The fourth-order valence-corrected chi connectivity index (χ4v) is 1.37. The summed E-state index contributed by atoms with van der Waals surface area (Å²) in [5, 5.41) is 0. The van der Waals surface area contributed by atoms with Gasteiger partial charge in [-0.3, -0.25) is 0 Å². The average molecular weight is 207 g/mol. The van der Waals surface area contributed by atoms with Crippen LogP contribution in [0.2, 0.25) is 0 Å². The zero-order valence-corrected chi connectivity index (χ0v) is 10.1. The minimum atomic E-state index is 0.0860. The number of hydrogen-bond acceptors (Lipinski definition) is 2. The van der Waals surface area contributed by atoms with Gasteiger partial charge in [-0.2, -0.15) is 0 Å². The van der Waals surface area contributed by atoms with E-state index >= 15 is 0 Å². The van der Waals surface area contributed by atoms with Gasteiger partial charge in [-0.25, -0.2) is 0 Å². The quantitative estimate of drug-likeness (QED) is 0.823. The number of aryl methyl sites for hydroxylation is 1. The molecule has 0 aliphatic heterocycles. The van der Waals surface area contributed by atoms with E-state index in [1.165, 1.54) is 0 Å². The Morgan fingerprint density at radius 3 is 2.40 bits per heavy atom. The van der Waals surface area contributed by atoms with Crippen molar-refractivity contribution in [3.05, 3.63) is 29.3 Å². The molecule has 0 bridgehead atoms. The molecule has 15 heavy (non-hydrogen) atoms. The number of rotatable bonds is 4. The summed E-state index contributed by atoms with van der Waals surface area (Å²) >= 11 is 0. The van der Waals surface area contributed by atoms with Crippen molar-refractivity contribution in [2.75, 3.05) is 6.61 Å². The van der Waals surface area contributed by atoms with E-state index in [0.717, 1.165) is 23.5 Å². The summed E-state index contributed by atoms with van der Waals surface area (Å²) < 4.78 is 5.69. The lowest BCUT2D eigenvalue weighted by molar-refractivity contribution is 0.269. The molecule has 0 aromatic heterocycles. The maximum atomic E-state index is 5.81. The molecule has 0 aliphatic carbocycles. The normalized spacial score (nSPS) is 12.9. The smallest absolute Gasteiger partial charge is 0.122 e. The van der Waals surface area contributed by atoms with Crippen molar-refractivity contribution >= 4 is 0 Å². The molecule has 0 amide bonds. The number of benzene rings is 1. The molecule has 84 valence electrons. The lowest BCUT2D eigenvalue weighted by Gasteiger charge is -2.13. The van der Waals surface area contributed by atoms with Crippen LogP contribution in [0.15, 0.2) is 18.2 Å². The second kappa shape index (κ2) is 5.17. The van der Waals surface area contributed by atoms with Crippen molar-refractivity contribution in [3.63, 3.8) is 0 Å². The largest absolute Gasteiger partial charge is 0.493 e. The van der Waals surface area contributed by atoms with Gasteiger partial charge >= 0.3 is 0 Å². The van der Waals surface area contributed by atoms with E-state index in [-0.39, 0.29) is 6.04 Å². The first-order valence-electron chi connectivity index (χ1n) is 5.49. The van der Waals surface area contributed by atoms with Crippen LogP contribution in [-0.2, 0) is 0 Å². The van der Waals surface area contributed by atoms with Gasteiger partial charge in [0, 0.05) is 6.04 Å². The first-order valence-corrected chi connectivity index (χ1v) is 5.49. The van der Waals surface area contributed by atoms with Gasteiger partial charge < -0.3 is 10.5 Å². The van der Waals surface area contributed by atoms with Crippen LogP contribution < -0.4 is 10.5 Å². The van der Waals surface area contributed by atoms with Crippen LogP contribution in [0, 0.1) is 12.8 Å². The highest BCUT2D eigenvalue weighted by Crippen LogP contribution is 2.22. The summed E-state index contributed by atoms with van der Waals surface area (Å²) in [5.74, 6) is 1.52. The molecule has 1 rings (SSSR count). The molecular weight excluding hydrogens is 186 g/mol. The molecule has 0 radical (unpaired) electrons. The monoisotopic (exact) mass is 207 g/mol. The first-order chi connectivity index (χ1) is 7.00. The molecular formula is C13H21NO. The maximum absolute atomic E-state index is 5.81. The van der Waals surface area contributed by atoms with Crippen LogP contribution in [0.1, 0.15) is 37.9 Å². The van der Waals surface area contributed by atoms with Crippen LogP contribution in [0.3, 0.4) is 0 Å². The fourth-order valence-electron chi connectivity index (χ4n) is 1.37. The summed E-state index contributed by atoms with van der Waals surface area (Å²) in [6.45, 7) is 9.10. The minimum absolute atomic E-state index is 0.0860. The highest BCUT2D eigenvalue weighted by Gasteiger charge is 2.04. The van der Waals surface area contributed by atoms with E-state index in [1.807, 2.05) is 19.1 Å². The van der Waals surface area contributed by atoms with Crippen LogP contribution in [0.4, 0.5) is 0 Å². The molecule has 1 aromatic carbocycles. The lowest BCUT2D eigenvalue weighted by Crippen LogP contribution is -2.07. The average Bonchev–Trinajstić information content (AvgIpc) is 2.15. The second-order valence-corrected chi connectivity index (χ2v) is 4.52. The molecule has 1 atom stereocenters. The SMILES string of the molecule is Cc1cc([C@H](C)N)ccc1OCC(C)C. The third-order valence-electron chi connectivity index (χ3n) is 2.30. The van der Waals surface area contributed by atoms with E-state index in [2.05, 4.69) is 26.8 Å². The predicted octanol–water partition coefficient (Wildman–Crippen LogP) is 3.05. The van der Waals surface area contributed by atoms with Crippen molar-refractivity contribution in [3.8, 4) is 5.75 Å². The summed E-state index contributed by atoms with van der Waals surface area (Å²) in [6.07, 6.45) is 0. The Kier molecular flexibility index (Phi) is 4.15. The Morgan fingerprint density at radius 2 is 1.93 bits per heavy atom. The van der Waals surface area contributed by atoms with Crippen LogP contribution >= 0.6 is 0 Å². The van der Waals surface area contributed by atoms with Gasteiger partial charge in [0.15, 0.2) is 0 Å². The van der Waals surface area contributed by atoms with Gasteiger partial charge in [0.2, 0.25) is 0 Å². The molecule has 0 aliphatic rings. The van der Waals surface area contributed by atoms with Gasteiger partial charge in [0.05, 0.1) is 6.61 Å². The first kappa shape index (κ1) is 12.1. The van der Waals surface area contributed by atoms with Gasteiger partial charge in [0.1, 0.15) is 5.75 Å². The lowest BCUT2D eigenvalue weighted by atomic mass is 10.1. The summed E-state index contributed by atoms with van der Waals surface area (Å²) in [5.41, 5.74) is 8.13. The zero-order chi connectivity index (χ0) is 11.4. The Balaban J connectivity index is 2.75. The Labute approximate surface area is 92.4 Å². The maximum Gasteiger partial charge on any atom is 0.122 e. The topological polar surface area (TPSA) is 35.2 Å². The third kappa shape index (κ3) is 3.56. The highest BCUT2D eigenvalue weighted by molar-refractivity contribution is 5.37. The minimum Gasteiger partial charge on any atom is -0.493 e. The second-order valence-electron chi connectivity index (χ2n) is 4.52. The molecule has 0 saturated heterocycles. The van der Waals surface area contributed by atoms with E-state index < -0.39 is 0 Å². The molecule has 0 heterocycles. The van der Waals surface area contributed by atoms with Gasteiger partial charge in [-0.15, -0.1) is 0 Å². The number of ether oxygens (including phenoxy) is 1. The Morgan fingerprint density at radius 1 is 1.27 bits per heavy atom. The predicted molar refractivity (Wildman–Crippen MR) is 64.1 cm³/mol. The zero-order valence-electron chi connectivity index (χ0n) is 10.1. The third-order valence-corrected chi connectivity index (χ3v) is 2.30. The molecule has 1 aromatic rings. The van der Waals surface area contributed by atoms with E-state index in [9.17, 15) is 0 Å². The molecule has 2 nitrogen and oxygen atoms in total. The van der Waals surface area contributed by atoms with Gasteiger partial charge in [-0.05, 0) is 37.0 Å². The van der Waals surface area contributed by atoms with E-state index in [1.54, 1.807) is 0 Å². The number of nitrogens with two attached hydrogens (primary N) is 1. The van der Waals surface area contributed by atoms with Crippen molar-refractivity contribution < 1.29 is 4.74 Å². The summed E-state index contributed by atoms with van der Waals surface area (Å²) in [6, 6.07) is 6.23. The standard InChI is InChI=1S/C13H21NO/c1-9(2)8-15-13-6-5-12(11(4)14)7-10(13)3/h5-7,9,11H,8,14H2,1-4H3/t11-/m0/s1. The molecule has 2 N–H and O–H groups in total. The van der Waals surface area contributed by atoms with Crippen molar-refractivity contribution in [2.45, 2.75) is 33.7 Å². The van der Waals surface area contributed by atoms with Crippen LogP contribution in [0.5, 0.6) is 5.75 Å². The molecule has 2 heteroatoms.